The van der Waals surface area contributed by atoms with E-state index in [-0.39, 0.29) is 22.0 Å². The van der Waals surface area contributed by atoms with Crippen LogP contribution in [0.4, 0.5) is 4.39 Å². The van der Waals surface area contributed by atoms with Gasteiger partial charge >= 0.3 is 0 Å². The zero-order valence-corrected chi connectivity index (χ0v) is 16.0. The summed E-state index contributed by atoms with van der Waals surface area (Å²) in [5.41, 5.74) is 0.492. The molecular weight excluding hydrogens is 385 g/mol. The lowest BCUT2D eigenvalue weighted by Crippen LogP contribution is -2.44. The number of hydrogen-bond donors (Lipinski definition) is 1. The predicted octanol–water partition coefficient (Wildman–Crippen LogP) is 1.99. The molecule has 1 fully saturated rings. The van der Waals surface area contributed by atoms with E-state index in [1.165, 1.54) is 29.9 Å². The SMILES string of the molecule is COc1nc(Cl)ccc1-n1c(CN2CCNCC2)nc2ccc(F)cc2c1=O. The van der Waals surface area contributed by atoms with Crippen molar-refractivity contribution in [2.45, 2.75) is 6.54 Å². The number of piperazine rings is 1. The van der Waals surface area contributed by atoms with E-state index in [0.717, 1.165) is 26.2 Å². The number of methoxy groups -OCH3 is 1. The van der Waals surface area contributed by atoms with Gasteiger partial charge in [0.2, 0.25) is 5.88 Å². The van der Waals surface area contributed by atoms with Crippen LogP contribution in [0.25, 0.3) is 16.6 Å². The first-order valence-electron chi connectivity index (χ1n) is 8.92. The second-order valence-corrected chi connectivity index (χ2v) is 6.91. The third-order valence-electron chi connectivity index (χ3n) is 4.71. The Hall–Kier alpha value is -2.55. The zero-order valence-electron chi connectivity index (χ0n) is 15.3. The van der Waals surface area contributed by atoms with Crippen molar-refractivity contribution in [1.29, 1.82) is 0 Å². The first-order valence-corrected chi connectivity index (χ1v) is 9.30. The summed E-state index contributed by atoms with van der Waals surface area (Å²) in [6.07, 6.45) is 0. The maximum absolute atomic E-state index is 13.8. The van der Waals surface area contributed by atoms with E-state index >= 15 is 0 Å². The average Bonchev–Trinajstić information content (AvgIpc) is 2.70. The minimum atomic E-state index is -0.492. The average molecular weight is 404 g/mol. The molecule has 0 bridgehead atoms. The Labute approximate surface area is 165 Å². The molecule has 0 radical (unpaired) electrons. The molecule has 7 nitrogen and oxygen atoms in total. The Morgan fingerprint density at radius 1 is 1.21 bits per heavy atom. The Bertz CT molecular complexity index is 1080. The summed E-state index contributed by atoms with van der Waals surface area (Å²) < 4.78 is 20.5. The number of hydrogen-bond acceptors (Lipinski definition) is 6. The molecule has 1 N–H and O–H groups in total. The normalized spacial score (nSPS) is 15.1. The third kappa shape index (κ3) is 3.58. The maximum Gasteiger partial charge on any atom is 0.266 e. The van der Waals surface area contributed by atoms with Gasteiger partial charge in [0.25, 0.3) is 5.56 Å². The van der Waals surface area contributed by atoms with Gasteiger partial charge in [0, 0.05) is 26.2 Å². The summed E-state index contributed by atoms with van der Waals surface area (Å²) >= 11 is 5.98. The van der Waals surface area contributed by atoms with Crippen molar-refractivity contribution in [3.05, 3.63) is 57.5 Å². The van der Waals surface area contributed by atoms with E-state index in [9.17, 15) is 9.18 Å². The van der Waals surface area contributed by atoms with Crippen molar-refractivity contribution in [2.75, 3.05) is 33.3 Å². The Kier molecular flexibility index (Phi) is 5.25. The van der Waals surface area contributed by atoms with Crippen molar-refractivity contribution in [1.82, 2.24) is 24.8 Å². The van der Waals surface area contributed by atoms with Crippen LogP contribution in [-0.2, 0) is 6.54 Å². The fraction of sp³-hybridized carbons (Fsp3) is 0.316. The molecule has 0 unspecified atom stereocenters. The molecule has 146 valence electrons. The number of ether oxygens (including phenoxy) is 1. The standard InChI is InChI=1S/C19H19ClFN5O2/c1-28-18-15(4-5-16(20)24-18)26-17(11-25-8-6-22-7-9-25)23-14-3-2-12(21)10-13(14)19(26)27/h2-5,10,22H,6-9,11H2,1H3. The van der Waals surface area contributed by atoms with Gasteiger partial charge in [-0.3, -0.25) is 14.3 Å². The van der Waals surface area contributed by atoms with Gasteiger partial charge in [-0.15, -0.1) is 0 Å². The highest BCUT2D eigenvalue weighted by molar-refractivity contribution is 6.29. The molecule has 4 rings (SSSR count). The van der Waals surface area contributed by atoms with Crippen molar-refractivity contribution in [3.8, 4) is 11.6 Å². The molecule has 28 heavy (non-hydrogen) atoms. The lowest BCUT2D eigenvalue weighted by Gasteiger charge is -2.28. The maximum atomic E-state index is 13.8. The highest BCUT2D eigenvalue weighted by Crippen LogP contribution is 2.24. The van der Waals surface area contributed by atoms with Gasteiger partial charge in [0.05, 0.1) is 24.6 Å². The smallest absolute Gasteiger partial charge is 0.266 e. The minimum Gasteiger partial charge on any atom is -0.479 e. The van der Waals surface area contributed by atoms with Crippen molar-refractivity contribution >= 4 is 22.5 Å². The summed E-state index contributed by atoms with van der Waals surface area (Å²) in [6.45, 7) is 3.89. The highest BCUT2D eigenvalue weighted by Gasteiger charge is 2.20. The number of aromatic nitrogens is 3. The Morgan fingerprint density at radius 3 is 2.75 bits per heavy atom. The molecule has 3 heterocycles. The van der Waals surface area contributed by atoms with Crippen LogP contribution in [0.15, 0.2) is 35.1 Å². The van der Waals surface area contributed by atoms with Crippen LogP contribution in [0.3, 0.4) is 0 Å². The van der Waals surface area contributed by atoms with Crippen LogP contribution in [0.2, 0.25) is 5.15 Å². The van der Waals surface area contributed by atoms with Crippen LogP contribution in [0, 0.1) is 5.82 Å². The van der Waals surface area contributed by atoms with Gasteiger partial charge < -0.3 is 10.1 Å². The minimum absolute atomic E-state index is 0.195. The van der Waals surface area contributed by atoms with Crippen LogP contribution in [0.5, 0.6) is 5.88 Å². The van der Waals surface area contributed by atoms with Crippen molar-refractivity contribution in [3.63, 3.8) is 0 Å². The topological polar surface area (TPSA) is 72.3 Å². The van der Waals surface area contributed by atoms with E-state index in [2.05, 4.69) is 20.2 Å². The van der Waals surface area contributed by atoms with Crippen LogP contribution >= 0.6 is 11.6 Å². The molecular formula is C19H19ClFN5O2. The van der Waals surface area contributed by atoms with Gasteiger partial charge in [0.15, 0.2) is 0 Å². The lowest BCUT2D eigenvalue weighted by atomic mass is 10.2. The van der Waals surface area contributed by atoms with Gasteiger partial charge in [-0.05, 0) is 30.3 Å². The highest BCUT2D eigenvalue weighted by atomic mass is 35.5. The molecule has 0 saturated carbocycles. The molecule has 0 aliphatic carbocycles. The Morgan fingerprint density at radius 2 is 2.00 bits per heavy atom. The molecule has 0 atom stereocenters. The number of pyridine rings is 1. The van der Waals surface area contributed by atoms with Gasteiger partial charge in [-0.2, -0.15) is 4.98 Å². The van der Waals surface area contributed by atoms with E-state index in [1.54, 1.807) is 12.1 Å². The Balaban J connectivity index is 1.94. The molecule has 1 aromatic carbocycles. The van der Waals surface area contributed by atoms with Gasteiger partial charge in [-0.1, -0.05) is 11.6 Å². The molecule has 2 aromatic heterocycles. The molecule has 0 spiro atoms. The molecule has 1 saturated heterocycles. The first kappa shape index (κ1) is 18.8. The predicted molar refractivity (Wildman–Crippen MR) is 105 cm³/mol. The van der Waals surface area contributed by atoms with Gasteiger partial charge in [0.1, 0.15) is 22.5 Å². The summed E-state index contributed by atoms with van der Waals surface area (Å²) in [6, 6.07) is 7.26. The number of fused-ring (bicyclic) bond motifs is 1. The third-order valence-corrected chi connectivity index (χ3v) is 4.93. The van der Waals surface area contributed by atoms with Crippen LogP contribution in [0.1, 0.15) is 5.82 Å². The van der Waals surface area contributed by atoms with E-state index in [1.807, 2.05) is 0 Å². The van der Waals surface area contributed by atoms with Crippen molar-refractivity contribution in [2.24, 2.45) is 0 Å². The number of nitrogens with zero attached hydrogens (tertiary/aromatic N) is 4. The number of nitrogens with one attached hydrogen (secondary N) is 1. The zero-order chi connectivity index (χ0) is 19.7. The second kappa shape index (κ2) is 7.83. The monoisotopic (exact) mass is 403 g/mol. The lowest BCUT2D eigenvalue weighted by molar-refractivity contribution is 0.226. The van der Waals surface area contributed by atoms with E-state index in [4.69, 9.17) is 16.3 Å². The molecule has 9 heteroatoms. The molecule has 1 aliphatic heterocycles. The molecule has 3 aromatic rings. The van der Waals surface area contributed by atoms with E-state index in [0.29, 0.717) is 23.6 Å². The molecule has 1 aliphatic rings. The van der Waals surface area contributed by atoms with Gasteiger partial charge in [-0.25, -0.2) is 9.37 Å². The fourth-order valence-electron chi connectivity index (χ4n) is 3.36. The second-order valence-electron chi connectivity index (χ2n) is 6.52. The summed E-state index contributed by atoms with van der Waals surface area (Å²) in [7, 11) is 1.46. The number of benzene rings is 1. The van der Waals surface area contributed by atoms with Crippen LogP contribution < -0.4 is 15.6 Å². The number of halogens is 2. The van der Waals surface area contributed by atoms with E-state index < -0.39 is 5.82 Å². The quantitative estimate of drug-likeness (QED) is 0.672. The summed E-state index contributed by atoms with van der Waals surface area (Å²) in [4.78, 5) is 24.3. The summed E-state index contributed by atoms with van der Waals surface area (Å²) in [5.74, 6) is 0.246. The first-order chi connectivity index (χ1) is 13.6. The van der Waals surface area contributed by atoms with Crippen molar-refractivity contribution < 1.29 is 9.13 Å². The largest absolute Gasteiger partial charge is 0.479 e. The fourth-order valence-corrected chi connectivity index (χ4v) is 3.50. The number of rotatable bonds is 4. The molecule has 0 amide bonds. The summed E-state index contributed by atoms with van der Waals surface area (Å²) in [5, 5.41) is 3.74. The van der Waals surface area contributed by atoms with Crippen LogP contribution in [-0.4, -0.2) is 52.7 Å².